The summed E-state index contributed by atoms with van der Waals surface area (Å²) in [7, 11) is 0. The van der Waals surface area contributed by atoms with Crippen LogP contribution in [0.4, 0.5) is 0 Å². The Morgan fingerprint density at radius 3 is 1.45 bits per heavy atom. The van der Waals surface area contributed by atoms with E-state index in [0.717, 1.165) is 0 Å². The van der Waals surface area contributed by atoms with E-state index in [-0.39, 0.29) is 11.4 Å². The fourth-order valence-corrected chi connectivity index (χ4v) is 0.333. The molecule has 0 rings (SSSR count). The largest absolute Gasteiger partial charge is 0.399 e. The van der Waals surface area contributed by atoms with E-state index in [1.807, 2.05) is 0 Å². The zero-order chi connectivity index (χ0) is 9.02. The monoisotopic (exact) mass is 158 g/mol. The van der Waals surface area contributed by atoms with E-state index in [2.05, 4.69) is 13.2 Å². The molecule has 2 unspecified atom stereocenters. The van der Waals surface area contributed by atoms with E-state index >= 15 is 0 Å². The summed E-state index contributed by atoms with van der Waals surface area (Å²) < 4.78 is 4.88. The summed E-state index contributed by atoms with van der Waals surface area (Å²) in [5.74, 6) is 0. The zero-order valence-corrected chi connectivity index (χ0v) is 6.29. The molecule has 8 N–H and O–H groups in total. The Bertz CT molecular complexity index is 150. The third-order valence-corrected chi connectivity index (χ3v) is 1.02. The van der Waals surface area contributed by atoms with Crippen molar-refractivity contribution in [3.63, 3.8) is 0 Å². The summed E-state index contributed by atoms with van der Waals surface area (Å²) in [6.07, 6.45) is -1.60. The van der Waals surface area contributed by atoms with Crippen molar-refractivity contribution in [3.8, 4) is 0 Å². The van der Waals surface area contributed by atoms with Gasteiger partial charge in [-0.3, -0.25) is 0 Å². The molecule has 0 saturated carbocycles. The third-order valence-electron chi connectivity index (χ3n) is 1.02. The van der Waals surface area contributed by atoms with Crippen LogP contribution in [0.15, 0.2) is 24.6 Å². The number of hydrogen-bond donors (Lipinski definition) is 4. The maximum Gasteiger partial charge on any atom is 0.148 e. The van der Waals surface area contributed by atoms with Crippen LogP contribution in [-0.2, 0) is 4.74 Å². The van der Waals surface area contributed by atoms with Gasteiger partial charge in [-0.2, -0.15) is 0 Å². The minimum Gasteiger partial charge on any atom is -0.399 e. The fraction of sp³-hybridized carbons (Fsp3) is 0.333. The molecule has 0 bridgehead atoms. The fourth-order valence-electron chi connectivity index (χ4n) is 0.333. The molecule has 0 aliphatic rings. The van der Waals surface area contributed by atoms with Crippen LogP contribution in [0.25, 0.3) is 0 Å². The SMILES string of the molecule is C=C(N)C(N)OC(N)C(=C)N. The highest BCUT2D eigenvalue weighted by Crippen LogP contribution is 1.96. The lowest BCUT2D eigenvalue weighted by Gasteiger charge is -2.17. The Balaban J connectivity index is 3.84. The molecule has 2 atom stereocenters. The molecule has 0 saturated heterocycles. The van der Waals surface area contributed by atoms with Gasteiger partial charge >= 0.3 is 0 Å². The molecular weight excluding hydrogens is 144 g/mol. The van der Waals surface area contributed by atoms with Gasteiger partial charge in [-0.25, -0.2) is 0 Å². The highest BCUT2D eigenvalue weighted by Gasteiger charge is 2.10. The minimum atomic E-state index is -0.801. The van der Waals surface area contributed by atoms with Crippen LogP contribution in [0.2, 0.25) is 0 Å². The molecule has 0 aromatic heterocycles. The van der Waals surface area contributed by atoms with Crippen LogP contribution in [0.5, 0.6) is 0 Å². The second-order valence-corrected chi connectivity index (χ2v) is 2.13. The molecule has 0 aliphatic carbocycles. The van der Waals surface area contributed by atoms with Gasteiger partial charge in [-0.15, -0.1) is 0 Å². The van der Waals surface area contributed by atoms with Gasteiger partial charge in [-0.1, -0.05) is 13.2 Å². The van der Waals surface area contributed by atoms with Gasteiger partial charge in [0.05, 0.1) is 0 Å². The van der Waals surface area contributed by atoms with Crippen molar-refractivity contribution in [2.45, 2.75) is 12.5 Å². The standard InChI is InChI=1S/C6H14N4O/c1-3(7)5(9)11-6(10)4(2)8/h5-6H,1-2,7-10H2. The molecular formula is C6H14N4O. The summed E-state index contributed by atoms with van der Waals surface area (Å²) >= 11 is 0. The topological polar surface area (TPSA) is 113 Å². The van der Waals surface area contributed by atoms with Crippen molar-refractivity contribution in [3.05, 3.63) is 24.6 Å². The Morgan fingerprint density at radius 2 is 1.27 bits per heavy atom. The van der Waals surface area contributed by atoms with Crippen LogP contribution in [0, 0.1) is 0 Å². The van der Waals surface area contributed by atoms with Gasteiger partial charge in [0.1, 0.15) is 12.5 Å². The van der Waals surface area contributed by atoms with Gasteiger partial charge < -0.3 is 27.7 Å². The van der Waals surface area contributed by atoms with Crippen LogP contribution < -0.4 is 22.9 Å². The van der Waals surface area contributed by atoms with Gasteiger partial charge in [0.15, 0.2) is 0 Å². The molecule has 5 nitrogen and oxygen atoms in total. The van der Waals surface area contributed by atoms with Gasteiger partial charge in [-0.05, 0) is 0 Å². The second-order valence-electron chi connectivity index (χ2n) is 2.13. The molecule has 0 radical (unpaired) electrons. The minimum absolute atomic E-state index is 0.196. The Labute approximate surface area is 65.7 Å². The maximum atomic E-state index is 5.33. The van der Waals surface area contributed by atoms with E-state index in [1.165, 1.54) is 0 Å². The molecule has 11 heavy (non-hydrogen) atoms. The van der Waals surface area contributed by atoms with Crippen molar-refractivity contribution in [2.75, 3.05) is 0 Å². The van der Waals surface area contributed by atoms with E-state index in [0.29, 0.717) is 0 Å². The summed E-state index contributed by atoms with van der Waals surface area (Å²) in [6, 6.07) is 0. The van der Waals surface area contributed by atoms with Crippen LogP contribution >= 0.6 is 0 Å². The molecule has 0 fully saturated rings. The predicted octanol–water partition coefficient (Wildman–Crippen LogP) is -1.48. The average molecular weight is 158 g/mol. The van der Waals surface area contributed by atoms with Crippen LogP contribution in [0.1, 0.15) is 0 Å². The normalized spacial score (nSPS) is 15.5. The molecule has 0 spiro atoms. The average Bonchev–Trinajstić information content (AvgIpc) is 1.87. The van der Waals surface area contributed by atoms with Gasteiger partial charge in [0.25, 0.3) is 0 Å². The van der Waals surface area contributed by atoms with Gasteiger partial charge in [0, 0.05) is 11.4 Å². The Morgan fingerprint density at radius 1 is 1.00 bits per heavy atom. The third kappa shape index (κ3) is 3.61. The number of hydrogen-bond acceptors (Lipinski definition) is 5. The molecule has 0 aliphatic heterocycles. The molecule has 5 heteroatoms. The van der Waals surface area contributed by atoms with Crippen molar-refractivity contribution >= 4 is 0 Å². The molecule has 0 aromatic carbocycles. The van der Waals surface area contributed by atoms with Crippen molar-refractivity contribution < 1.29 is 4.74 Å². The quantitative estimate of drug-likeness (QED) is 0.372. The summed E-state index contributed by atoms with van der Waals surface area (Å²) in [4.78, 5) is 0. The highest BCUT2D eigenvalue weighted by atomic mass is 16.5. The van der Waals surface area contributed by atoms with E-state index in [1.54, 1.807) is 0 Å². The van der Waals surface area contributed by atoms with E-state index in [9.17, 15) is 0 Å². The molecule has 0 heterocycles. The lowest BCUT2D eigenvalue weighted by Crippen LogP contribution is -2.40. The molecule has 64 valence electrons. The zero-order valence-electron chi connectivity index (χ0n) is 6.29. The smallest absolute Gasteiger partial charge is 0.148 e. The molecule has 0 amide bonds. The number of nitrogens with two attached hydrogens (primary N) is 4. The molecule has 0 aromatic rings. The van der Waals surface area contributed by atoms with E-state index in [4.69, 9.17) is 27.7 Å². The van der Waals surface area contributed by atoms with Crippen molar-refractivity contribution in [2.24, 2.45) is 22.9 Å². The van der Waals surface area contributed by atoms with Crippen molar-refractivity contribution in [1.29, 1.82) is 0 Å². The Hall–Kier alpha value is -1.04. The predicted molar refractivity (Wildman–Crippen MR) is 43.7 cm³/mol. The lowest BCUT2D eigenvalue weighted by atomic mass is 10.4. The van der Waals surface area contributed by atoms with Crippen LogP contribution in [-0.4, -0.2) is 12.5 Å². The van der Waals surface area contributed by atoms with Gasteiger partial charge in [0.2, 0.25) is 0 Å². The maximum absolute atomic E-state index is 5.33. The lowest BCUT2D eigenvalue weighted by molar-refractivity contribution is 0.0345. The van der Waals surface area contributed by atoms with E-state index < -0.39 is 12.5 Å². The number of ether oxygens (including phenoxy) is 1. The second kappa shape index (κ2) is 3.97. The van der Waals surface area contributed by atoms with Crippen LogP contribution in [0.3, 0.4) is 0 Å². The first-order valence-electron chi connectivity index (χ1n) is 3.00. The first-order valence-corrected chi connectivity index (χ1v) is 3.00. The summed E-state index contributed by atoms with van der Waals surface area (Å²) in [5.41, 5.74) is 21.5. The van der Waals surface area contributed by atoms with Crippen molar-refractivity contribution in [1.82, 2.24) is 0 Å². The Kier molecular flexibility index (Phi) is 3.59. The first-order chi connectivity index (χ1) is 4.95. The summed E-state index contributed by atoms with van der Waals surface area (Å²) in [6.45, 7) is 6.74. The highest BCUT2D eigenvalue weighted by molar-refractivity contribution is 4.97. The number of rotatable bonds is 4. The first kappa shape index (κ1) is 9.96. The summed E-state index contributed by atoms with van der Waals surface area (Å²) in [5, 5.41) is 0.